The summed E-state index contributed by atoms with van der Waals surface area (Å²) < 4.78 is 4.84. The van der Waals surface area contributed by atoms with E-state index in [9.17, 15) is 9.59 Å². The summed E-state index contributed by atoms with van der Waals surface area (Å²) in [5.41, 5.74) is 3.54. The number of esters is 1. The zero-order valence-electron chi connectivity index (χ0n) is 12.9. The molecule has 2 aromatic carbocycles. The Hall–Kier alpha value is -2.88. The van der Waals surface area contributed by atoms with Gasteiger partial charge in [-0.3, -0.25) is 4.79 Å². The molecule has 1 aliphatic rings. The van der Waals surface area contributed by atoms with Gasteiger partial charge in [0.2, 0.25) is 0 Å². The number of hydrogen-bond acceptors (Lipinski definition) is 3. The molecule has 0 bridgehead atoms. The van der Waals surface area contributed by atoms with Crippen molar-refractivity contribution in [3.63, 3.8) is 0 Å². The number of fused-ring (bicyclic) bond motifs is 1. The molecule has 23 heavy (non-hydrogen) atoms. The standard InChI is InChI=1S/C19H17NO3/c1-2-23-18(21)12-9-14-7-10-16(11-8-14)20-13-15-5-3-4-6-17(15)19(20)22/h3-12H,2,13H2,1H3/b12-9+. The molecule has 4 heteroatoms. The van der Waals surface area contributed by atoms with Gasteiger partial charge in [-0.2, -0.15) is 0 Å². The van der Waals surface area contributed by atoms with Crippen molar-refractivity contribution < 1.29 is 14.3 Å². The van der Waals surface area contributed by atoms with Crippen LogP contribution in [-0.4, -0.2) is 18.5 Å². The van der Waals surface area contributed by atoms with Gasteiger partial charge in [0, 0.05) is 17.3 Å². The Labute approximate surface area is 135 Å². The van der Waals surface area contributed by atoms with Gasteiger partial charge < -0.3 is 9.64 Å². The molecule has 0 aromatic heterocycles. The molecule has 0 N–H and O–H groups in total. The van der Waals surface area contributed by atoms with Crippen LogP contribution in [0.5, 0.6) is 0 Å². The second-order valence-corrected chi connectivity index (χ2v) is 5.23. The van der Waals surface area contributed by atoms with E-state index in [4.69, 9.17) is 4.74 Å². The molecule has 0 saturated carbocycles. The first kappa shape index (κ1) is 15.0. The molecular formula is C19H17NO3. The van der Waals surface area contributed by atoms with E-state index in [2.05, 4.69) is 0 Å². The van der Waals surface area contributed by atoms with Crippen molar-refractivity contribution in [3.05, 3.63) is 71.3 Å². The summed E-state index contributed by atoms with van der Waals surface area (Å²) in [6, 6.07) is 15.2. The smallest absolute Gasteiger partial charge is 0.330 e. The summed E-state index contributed by atoms with van der Waals surface area (Å²) in [7, 11) is 0. The van der Waals surface area contributed by atoms with Crippen LogP contribution in [0.25, 0.3) is 6.08 Å². The van der Waals surface area contributed by atoms with Gasteiger partial charge >= 0.3 is 5.97 Å². The fourth-order valence-corrected chi connectivity index (χ4v) is 2.58. The highest BCUT2D eigenvalue weighted by atomic mass is 16.5. The van der Waals surface area contributed by atoms with Gasteiger partial charge in [0.15, 0.2) is 0 Å². The largest absolute Gasteiger partial charge is 0.463 e. The van der Waals surface area contributed by atoms with E-state index in [1.807, 2.05) is 48.5 Å². The van der Waals surface area contributed by atoms with E-state index in [0.29, 0.717) is 13.2 Å². The molecule has 4 nitrogen and oxygen atoms in total. The Bertz CT molecular complexity index is 762. The van der Waals surface area contributed by atoms with Gasteiger partial charge in [-0.15, -0.1) is 0 Å². The summed E-state index contributed by atoms with van der Waals surface area (Å²) in [5, 5.41) is 0. The van der Waals surface area contributed by atoms with Crippen LogP contribution in [0.3, 0.4) is 0 Å². The first-order valence-corrected chi connectivity index (χ1v) is 7.53. The zero-order chi connectivity index (χ0) is 16.2. The maximum absolute atomic E-state index is 12.4. The number of carbonyl (C=O) groups is 2. The number of ether oxygens (including phenoxy) is 1. The van der Waals surface area contributed by atoms with E-state index in [-0.39, 0.29) is 11.9 Å². The third-order valence-corrected chi connectivity index (χ3v) is 3.72. The lowest BCUT2D eigenvalue weighted by atomic mass is 10.1. The van der Waals surface area contributed by atoms with Crippen molar-refractivity contribution in [2.24, 2.45) is 0 Å². The highest BCUT2D eigenvalue weighted by Crippen LogP contribution is 2.28. The number of amides is 1. The van der Waals surface area contributed by atoms with Crippen LogP contribution >= 0.6 is 0 Å². The third kappa shape index (κ3) is 3.16. The lowest BCUT2D eigenvalue weighted by Crippen LogP contribution is -2.22. The quantitative estimate of drug-likeness (QED) is 0.642. The highest BCUT2D eigenvalue weighted by molar-refractivity contribution is 6.10. The molecule has 116 valence electrons. The number of nitrogens with zero attached hydrogens (tertiary/aromatic N) is 1. The molecule has 0 fully saturated rings. The van der Waals surface area contributed by atoms with Crippen molar-refractivity contribution >= 4 is 23.6 Å². The fourth-order valence-electron chi connectivity index (χ4n) is 2.58. The fraction of sp³-hybridized carbons (Fsp3) is 0.158. The van der Waals surface area contributed by atoms with Gasteiger partial charge in [-0.25, -0.2) is 4.79 Å². The van der Waals surface area contributed by atoms with Crippen LogP contribution in [0.4, 0.5) is 5.69 Å². The number of rotatable bonds is 4. The van der Waals surface area contributed by atoms with Crippen LogP contribution in [0, 0.1) is 0 Å². The molecular weight excluding hydrogens is 290 g/mol. The maximum Gasteiger partial charge on any atom is 0.330 e. The zero-order valence-corrected chi connectivity index (χ0v) is 12.9. The molecule has 3 rings (SSSR count). The Kier molecular flexibility index (Phi) is 4.24. The molecule has 2 aromatic rings. The minimum absolute atomic E-state index is 0.0235. The highest BCUT2D eigenvalue weighted by Gasteiger charge is 2.27. The summed E-state index contributed by atoms with van der Waals surface area (Å²) in [5.74, 6) is -0.336. The van der Waals surface area contributed by atoms with Crippen LogP contribution in [-0.2, 0) is 16.1 Å². The predicted octanol–water partition coefficient (Wildman–Crippen LogP) is 3.42. The summed E-state index contributed by atoms with van der Waals surface area (Å²) in [6.07, 6.45) is 3.09. The third-order valence-electron chi connectivity index (χ3n) is 3.72. The average molecular weight is 307 g/mol. The lowest BCUT2D eigenvalue weighted by molar-refractivity contribution is -0.137. The van der Waals surface area contributed by atoms with E-state index in [1.165, 1.54) is 6.08 Å². The lowest BCUT2D eigenvalue weighted by Gasteiger charge is -2.15. The van der Waals surface area contributed by atoms with Crippen molar-refractivity contribution in [3.8, 4) is 0 Å². The SMILES string of the molecule is CCOC(=O)/C=C/c1ccc(N2Cc3ccccc3C2=O)cc1. The van der Waals surface area contributed by atoms with Crippen molar-refractivity contribution in [2.45, 2.75) is 13.5 Å². The van der Waals surface area contributed by atoms with Gasteiger partial charge in [-0.1, -0.05) is 30.3 Å². The van der Waals surface area contributed by atoms with Gasteiger partial charge in [0.25, 0.3) is 5.91 Å². The number of anilines is 1. The maximum atomic E-state index is 12.4. The first-order chi connectivity index (χ1) is 11.2. The Balaban J connectivity index is 1.74. The second-order valence-electron chi connectivity index (χ2n) is 5.23. The van der Waals surface area contributed by atoms with Gasteiger partial charge in [0.1, 0.15) is 0 Å². The summed E-state index contributed by atoms with van der Waals surface area (Å²) >= 11 is 0. The molecule has 1 heterocycles. The second kappa shape index (κ2) is 6.48. The minimum Gasteiger partial charge on any atom is -0.463 e. The number of hydrogen-bond donors (Lipinski definition) is 0. The van der Waals surface area contributed by atoms with E-state index in [0.717, 1.165) is 22.4 Å². The Morgan fingerprint density at radius 2 is 1.91 bits per heavy atom. The van der Waals surface area contributed by atoms with Crippen LogP contribution < -0.4 is 4.90 Å². The molecule has 1 amide bonds. The molecule has 1 aliphatic heterocycles. The van der Waals surface area contributed by atoms with Crippen LogP contribution in [0.1, 0.15) is 28.4 Å². The van der Waals surface area contributed by atoms with Crippen molar-refractivity contribution in [1.29, 1.82) is 0 Å². The van der Waals surface area contributed by atoms with Crippen molar-refractivity contribution in [2.75, 3.05) is 11.5 Å². The van der Waals surface area contributed by atoms with E-state index in [1.54, 1.807) is 17.9 Å². The first-order valence-electron chi connectivity index (χ1n) is 7.53. The van der Waals surface area contributed by atoms with Crippen molar-refractivity contribution in [1.82, 2.24) is 0 Å². The molecule has 0 unspecified atom stereocenters. The molecule has 0 saturated heterocycles. The normalized spacial score (nSPS) is 13.4. The summed E-state index contributed by atoms with van der Waals surface area (Å²) in [4.78, 5) is 25.5. The van der Waals surface area contributed by atoms with Gasteiger partial charge in [0.05, 0.1) is 13.2 Å². The average Bonchev–Trinajstić information content (AvgIpc) is 2.91. The monoisotopic (exact) mass is 307 g/mol. The molecule has 0 spiro atoms. The minimum atomic E-state index is -0.359. The van der Waals surface area contributed by atoms with E-state index < -0.39 is 0 Å². The summed E-state index contributed by atoms with van der Waals surface area (Å²) in [6.45, 7) is 2.72. The number of benzene rings is 2. The Morgan fingerprint density at radius 1 is 1.17 bits per heavy atom. The predicted molar refractivity (Wildman–Crippen MR) is 89.1 cm³/mol. The molecule has 0 aliphatic carbocycles. The molecule has 0 radical (unpaired) electrons. The van der Waals surface area contributed by atoms with E-state index >= 15 is 0 Å². The topological polar surface area (TPSA) is 46.6 Å². The van der Waals surface area contributed by atoms with Crippen LogP contribution in [0.2, 0.25) is 0 Å². The van der Waals surface area contributed by atoms with Gasteiger partial charge in [-0.05, 0) is 42.3 Å². The number of carbonyl (C=O) groups excluding carboxylic acids is 2. The van der Waals surface area contributed by atoms with Crippen LogP contribution in [0.15, 0.2) is 54.6 Å². The Morgan fingerprint density at radius 3 is 2.61 bits per heavy atom. The molecule has 0 atom stereocenters.